The number of rotatable bonds is 9. The number of nitrogens with one attached hydrogen (secondary N) is 1. The van der Waals surface area contributed by atoms with Gasteiger partial charge in [-0.05, 0) is 25.7 Å². The van der Waals surface area contributed by atoms with Gasteiger partial charge in [-0.15, -0.1) is 0 Å². The van der Waals surface area contributed by atoms with Crippen LogP contribution in [0.5, 0.6) is 0 Å². The zero-order valence-electron chi connectivity index (χ0n) is 12.8. The minimum Gasteiger partial charge on any atom is -0.356 e. The monoisotopic (exact) mass is 292 g/mol. The van der Waals surface area contributed by atoms with Crippen LogP contribution in [0.25, 0.3) is 0 Å². The molecule has 0 aliphatic heterocycles. The predicted molar refractivity (Wildman–Crippen MR) is 78.4 cm³/mol. The summed E-state index contributed by atoms with van der Waals surface area (Å²) in [7, 11) is -3.25. The minimum absolute atomic E-state index is 0.0709. The molecule has 1 amide bonds. The molecule has 0 aromatic heterocycles. The van der Waals surface area contributed by atoms with Crippen LogP contribution in [-0.4, -0.2) is 44.0 Å². The topological polar surface area (TPSA) is 66.5 Å². The van der Waals surface area contributed by atoms with Gasteiger partial charge in [0.25, 0.3) is 0 Å². The highest BCUT2D eigenvalue weighted by atomic mass is 32.2. The van der Waals surface area contributed by atoms with E-state index in [4.69, 9.17) is 0 Å². The summed E-state index contributed by atoms with van der Waals surface area (Å²) in [5.41, 5.74) is 0. The lowest BCUT2D eigenvalue weighted by molar-refractivity contribution is -0.121. The number of amides is 1. The van der Waals surface area contributed by atoms with Gasteiger partial charge in [0.05, 0.1) is 6.26 Å². The molecule has 0 aliphatic carbocycles. The molecule has 0 aromatic carbocycles. The van der Waals surface area contributed by atoms with Crippen molar-refractivity contribution in [1.82, 2.24) is 9.62 Å². The summed E-state index contributed by atoms with van der Waals surface area (Å²) in [6.07, 6.45) is 3.08. The quantitative estimate of drug-likeness (QED) is 0.702. The van der Waals surface area contributed by atoms with E-state index in [1.54, 1.807) is 0 Å². The Labute approximate surface area is 117 Å². The van der Waals surface area contributed by atoms with Crippen molar-refractivity contribution in [2.45, 2.75) is 53.0 Å². The first kappa shape index (κ1) is 18.4. The normalized spacial score (nSPS) is 13.8. The van der Waals surface area contributed by atoms with E-state index in [0.717, 1.165) is 12.8 Å². The molecule has 0 saturated heterocycles. The molecule has 0 radical (unpaired) electrons. The lowest BCUT2D eigenvalue weighted by Gasteiger charge is -2.25. The first-order valence-corrected chi connectivity index (χ1v) is 8.76. The molecule has 0 bridgehead atoms. The van der Waals surface area contributed by atoms with Crippen LogP contribution < -0.4 is 5.32 Å². The minimum atomic E-state index is -3.25. The Kier molecular flexibility index (Phi) is 8.25. The average molecular weight is 292 g/mol. The van der Waals surface area contributed by atoms with Gasteiger partial charge in [0, 0.05) is 25.6 Å². The maximum atomic E-state index is 11.6. The van der Waals surface area contributed by atoms with Crippen molar-refractivity contribution < 1.29 is 13.2 Å². The molecule has 114 valence electrons. The van der Waals surface area contributed by atoms with Crippen LogP contribution in [0.3, 0.4) is 0 Å². The lowest BCUT2D eigenvalue weighted by Crippen LogP contribution is -2.40. The van der Waals surface area contributed by atoms with Gasteiger partial charge in [-0.2, -0.15) is 4.31 Å². The van der Waals surface area contributed by atoms with E-state index in [1.807, 2.05) is 13.8 Å². The molecule has 0 aromatic rings. The van der Waals surface area contributed by atoms with Crippen LogP contribution in [0.2, 0.25) is 0 Å². The van der Waals surface area contributed by atoms with Gasteiger partial charge in [-0.3, -0.25) is 4.79 Å². The molecule has 0 rings (SSSR count). The van der Waals surface area contributed by atoms with E-state index in [2.05, 4.69) is 19.2 Å². The number of carbonyl (C=O) groups is 1. The maximum Gasteiger partial charge on any atom is 0.221 e. The van der Waals surface area contributed by atoms with Gasteiger partial charge < -0.3 is 5.32 Å². The molecule has 1 unspecified atom stereocenters. The molecule has 1 N–H and O–H groups in total. The van der Waals surface area contributed by atoms with E-state index in [9.17, 15) is 13.2 Å². The number of hydrogen-bond acceptors (Lipinski definition) is 3. The smallest absolute Gasteiger partial charge is 0.221 e. The number of nitrogens with zero attached hydrogens (tertiary/aromatic N) is 1. The Balaban J connectivity index is 4.22. The standard InChI is InChI=1S/C13H28N2O3S/c1-6-12(4)15(19(5,17)18)10-8-13(16)14-9-7-11(2)3/h11-12H,6-10H2,1-5H3,(H,14,16). The second kappa shape index (κ2) is 8.53. The Bertz CT molecular complexity index is 366. The fraction of sp³-hybridized carbons (Fsp3) is 0.923. The van der Waals surface area contributed by atoms with Gasteiger partial charge in [-0.25, -0.2) is 8.42 Å². The third-order valence-corrected chi connectivity index (χ3v) is 4.51. The molecule has 6 heteroatoms. The highest BCUT2D eigenvalue weighted by Gasteiger charge is 2.22. The van der Waals surface area contributed by atoms with Crippen molar-refractivity contribution in [2.75, 3.05) is 19.3 Å². The number of sulfonamides is 1. The third kappa shape index (κ3) is 8.21. The Hall–Kier alpha value is -0.620. The van der Waals surface area contributed by atoms with Gasteiger partial charge in [0.2, 0.25) is 15.9 Å². The van der Waals surface area contributed by atoms with E-state index in [-0.39, 0.29) is 24.9 Å². The first-order chi connectivity index (χ1) is 8.68. The molecule has 0 heterocycles. The van der Waals surface area contributed by atoms with Gasteiger partial charge in [0.1, 0.15) is 0 Å². The zero-order chi connectivity index (χ0) is 15.1. The highest BCUT2D eigenvalue weighted by Crippen LogP contribution is 2.09. The molecule has 5 nitrogen and oxygen atoms in total. The molecule has 0 fully saturated rings. The predicted octanol–water partition coefficient (Wildman–Crippen LogP) is 1.60. The summed E-state index contributed by atoms with van der Waals surface area (Å²) >= 11 is 0. The molecular weight excluding hydrogens is 264 g/mol. The van der Waals surface area contributed by atoms with Crippen molar-refractivity contribution >= 4 is 15.9 Å². The lowest BCUT2D eigenvalue weighted by atomic mass is 10.1. The Morgan fingerprint density at radius 2 is 1.84 bits per heavy atom. The highest BCUT2D eigenvalue weighted by molar-refractivity contribution is 7.88. The number of carbonyl (C=O) groups excluding carboxylic acids is 1. The largest absolute Gasteiger partial charge is 0.356 e. The van der Waals surface area contributed by atoms with Crippen LogP contribution in [0.1, 0.15) is 47.0 Å². The van der Waals surface area contributed by atoms with Crippen molar-refractivity contribution in [3.63, 3.8) is 0 Å². The summed E-state index contributed by atoms with van der Waals surface area (Å²) in [4.78, 5) is 11.6. The second-order valence-electron chi connectivity index (χ2n) is 5.41. The molecule has 0 spiro atoms. The average Bonchev–Trinajstić information content (AvgIpc) is 2.26. The fourth-order valence-electron chi connectivity index (χ4n) is 1.72. The first-order valence-electron chi connectivity index (χ1n) is 6.92. The van der Waals surface area contributed by atoms with Gasteiger partial charge >= 0.3 is 0 Å². The van der Waals surface area contributed by atoms with Crippen LogP contribution >= 0.6 is 0 Å². The van der Waals surface area contributed by atoms with Crippen molar-refractivity contribution in [2.24, 2.45) is 5.92 Å². The van der Waals surface area contributed by atoms with Gasteiger partial charge in [0.15, 0.2) is 0 Å². The van der Waals surface area contributed by atoms with E-state index < -0.39 is 10.0 Å². The third-order valence-electron chi connectivity index (χ3n) is 3.11. The molecule has 19 heavy (non-hydrogen) atoms. The van der Waals surface area contributed by atoms with Crippen LogP contribution in [0.4, 0.5) is 0 Å². The fourth-order valence-corrected chi connectivity index (χ4v) is 2.94. The molecule has 0 aliphatic rings. The molecule has 1 atom stereocenters. The summed E-state index contributed by atoms with van der Waals surface area (Å²) in [5.74, 6) is 0.463. The molecular formula is C13H28N2O3S. The summed E-state index contributed by atoms with van der Waals surface area (Å²) in [6, 6.07) is -0.0709. The summed E-state index contributed by atoms with van der Waals surface area (Å²) < 4.78 is 24.7. The number of hydrogen-bond donors (Lipinski definition) is 1. The van der Waals surface area contributed by atoms with E-state index in [1.165, 1.54) is 10.6 Å². The Morgan fingerprint density at radius 1 is 1.26 bits per heavy atom. The second-order valence-corrected chi connectivity index (χ2v) is 7.35. The zero-order valence-corrected chi connectivity index (χ0v) is 13.6. The van der Waals surface area contributed by atoms with Crippen molar-refractivity contribution in [1.29, 1.82) is 0 Å². The van der Waals surface area contributed by atoms with Crippen LogP contribution in [-0.2, 0) is 14.8 Å². The SMILES string of the molecule is CCC(C)N(CCC(=O)NCCC(C)C)S(C)(=O)=O. The van der Waals surface area contributed by atoms with Crippen molar-refractivity contribution in [3.8, 4) is 0 Å². The van der Waals surface area contributed by atoms with Gasteiger partial charge in [-0.1, -0.05) is 20.8 Å². The maximum absolute atomic E-state index is 11.6. The Morgan fingerprint density at radius 3 is 2.26 bits per heavy atom. The van der Waals surface area contributed by atoms with Crippen LogP contribution in [0, 0.1) is 5.92 Å². The van der Waals surface area contributed by atoms with Crippen LogP contribution in [0.15, 0.2) is 0 Å². The summed E-state index contributed by atoms with van der Waals surface area (Å²) in [6.45, 7) is 8.89. The van der Waals surface area contributed by atoms with E-state index in [0.29, 0.717) is 12.5 Å². The molecule has 0 saturated carbocycles. The van der Waals surface area contributed by atoms with Crippen molar-refractivity contribution in [3.05, 3.63) is 0 Å². The summed E-state index contributed by atoms with van der Waals surface area (Å²) in [5, 5.41) is 2.82. The van der Waals surface area contributed by atoms with E-state index >= 15 is 0 Å².